The minimum atomic E-state index is 0.0580. The van der Waals surface area contributed by atoms with Crippen molar-refractivity contribution in [1.82, 2.24) is 10.2 Å². The van der Waals surface area contributed by atoms with E-state index in [4.69, 9.17) is 0 Å². The van der Waals surface area contributed by atoms with E-state index in [0.29, 0.717) is 18.6 Å². The van der Waals surface area contributed by atoms with E-state index in [9.17, 15) is 4.79 Å². The maximum absolute atomic E-state index is 12.3. The van der Waals surface area contributed by atoms with Crippen molar-refractivity contribution in [3.05, 3.63) is 34.3 Å². The van der Waals surface area contributed by atoms with E-state index in [-0.39, 0.29) is 6.03 Å². The van der Waals surface area contributed by atoms with Gasteiger partial charge in [-0.2, -0.15) is 0 Å². The fourth-order valence-electron chi connectivity index (χ4n) is 2.69. The van der Waals surface area contributed by atoms with Crippen LogP contribution in [0.5, 0.6) is 0 Å². The molecule has 1 aromatic rings. The number of piperidine rings is 1. The van der Waals surface area contributed by atoms with Gasteiger partial charge in [0.2, 0.25) is 0 Å². The summed E-state index contributed by atoms with van der Waals surface area (Å²) in [7, 11) is 0. The zero-order valence-electron chi connectivity index (χ0n) is 11.5. The van der Waals surface area contributed by atoms with Crippen LogP contribution >= 0.6 is 15.9 Å². The van der Waals surface area contributed by atoms with Gasteiger partial charge in [-0.25, -0.2) is 4.79 Å². The van der Waals surface area contributed by atoms with E-state index >= 15 is 0 Å². The van der Waals surface area contributed by atoms with Gasteiger partial charge >= 0.3 is 6.03 Å². The third-order valence-corrected chi connectivity index (χ3v) is 4.31. The molecule has 19 heavy (non-hydrogen) atoms. The molecule has 1 aromatic carbocycles. The van der Waals surface area contributed by atoms with Crippen LogP contribution in [-0.4, -0.2) is 23.0 Å². The normalized spacial score (nSPS) is 23.2. The van der Waals surface area contributed by atoms with Crippen LogP contribution in [0.2, 0.25) is 0 Å². The Morgan fingerprint density at radius 3 is 2.42 bits per heavy atom. The number of urea groups is 1. The van der Waals surface area contributed by atoms with Gasteiger partial charge in [0, 0.05) is 23.1 Å². The molecule has 4 heteroatoms. The van der Waals surface area contributed by atoms with Crippen molar-refractivity contribution in [3.63, 3.8) is 0 Å². The Labute approximate surface area is 123 Å². The van der Waals surface area contributed by atoms with Gasteiger partial charge in [0.25, 0.3) is 0 Å². The molecule has 1 heterocycles. The number of benzene rings is 1. The molecule has 1 aliphatic rings. The lowest BCUT2D eigenvalue weighted by Gasteiger charge is -2.38. The van der Waals surface area contributed by atoms with E-state index in [1.807, 2.05) is 29.2 Å². The molecule has 3 nitrogen and oxygen atoms in total. The summed E-state index contributed by atoms with van der Waals surface area (Å²) in [6.45, 7) is 4.85. The first-order valence-corrected chi connectivity index (χ1v) is 7.68. The van der Waals surface area contributed by atoms with Crippen molar-refractivity contribution in [3.8, 4) is 0 Å². The van der Waals surface area contributed by atoms with Crippen LogP contribution in [0.15, 0.2) is 28.7 Å². The second-order valence-electron chi connectivity index (χ2n) is 5.32. The average molecular weight is 325 g/mol. The van der Waals surface area contributed by atoms with E-state index in [0.717, 1.165) is 22.9 Å². The number of likely N-dealkylation sites (tertiary alicyclic amines) is 1. The molecule has 0 spiro atoms. The minimum absolute atomic E-state index is 0.0580. The van der Waals surface area contributed by atoms with Gasteiger partial charge < -0.3 is 10.2 Å². The predicted octanol–water partition coefficient (Wildman–Crippen LogP) is 3.92. The number of hydrogen-bond acceptors (Lipinski definition) is 1. The van der Waals surface area contributed by atoms with Gasteiger partial charge in [0.15, 0.2) is 0 Å². The molecule has 1 fully saturated rings. The lowest BCUT2D eigenvalue weighted by molar-refractivity contribution is 0.123. The first-order chi connectivity index (χ1) is 9.08. The molecule has 0 aliphatic carbocycles. The number of rotatable bonds is 2. The van der Waals surface area contributed by atoms with Gasteiger partial charge in [-0.3, -0.25) is 0 Å². The highest BCUT2D eigenvalue weighted by atomic mass is 79.9. The van der Waals surface area contributed by atoms with Crippen LogP contribution in [-0.2, 0) is 6.54 Å². The van der Waals surface area contributed by atoms with Gasteiger partial charge in [-0.1, -0.05) is 28.1 Å². The van der Waals surface area contributed by atoms with Crippen LogP contribution in [0.1, 0.15) is 38.7 Å². The zero-order valence-corrected chi connectivity index (χ0v) is 13.1. The molecular formula is C15H21BrN2O. The molecule has 0 radical (unpaired) electrons. The van der Waals surface area contributed by atoms with E-state index in [1.54, 1.807) is 0 Å². The molecule has 2 unspecified atom stereocenters. The van der Waals surface area contributed by atoms with Crippen LogP contribution in [0.3, 0.4) is 0 Å². The molecule has 0 saturated carbocycles. The Morgan fingerprint density at radius 1 is 1.26 bits per heavy atom. The van der Waals surface area contributed by atoms with Crippen LogP contribution in [0.25, 0.3) is 0 Å². The van der Waals surface area contributed by atoms with Crippen molar-refractivity contribution in [2.75, 3.05) is 0 Å². The van der Waals surface area contributed by atoms with Gasteiger partial charge in [0.05, 0.1) is 0 Å². The Balaban J connectivity index is 1.91. The summed E-state index contributed by atoms with van der Waals surface area (Å²) in [5, 5.41) is 3.02. The Hall–Kier alpha value is -1.03. The smallest absolute Gasteiger partial charge is 0.318 e. The summed E-state index contributed by atoms with van der Waals surface area (Å²) in [5.41, 5.74) is 1.12. The molecule has 0 aromatic heterocycles. The maximum atomic E-state index is 12.3. The molecule has 1 saturated heterocycles. The monoisotopic (exact) mass is 324 g/mol. The minimum Gasteiger partial charge on any atom is -0.334 e. The van der Waals surface area contributed by atoms with E-state index in [2.05, 4.69) is 35.1 Å². The van der Waals surface area contributed by atoms with Gasteiger partial charge in [-0.05, 0) is 50.8 Å². The highest BCUT2D eigenvalue weighted by molar-refractivity contribution is 9.10. The quantitative estimate of drug-likeness (QED) is 0.878. The van der Waals surface area contributed by atoms with Crippen molar-refractivity contribution < 1.29 is 4.79 Å². The van der Waals surface area contributed by atoms with Crippen molar-refractivity contribution in [2.45, 2.75) is 51.7 Å². The Kier molecular flexibility index (Phi) is 4.86. The molecule has 0 bridgehead atoms. The Bertz CT molecular complexity index is 422. The summed E-state index contributed by atoms with van der Waals surface area (Å²) in [6.07, 6.45) is 3.44. The highest BCUT2D eigenvalue weighted by Gasteiger charge is 2.28. The largest absolute Gasteiger partial charge is 0.334 e. The third kappa shape index (κ3) is 3.72. The fraction of sp³-hybridized carbons (Fsp3) is 0.533. The standard InChI is InChI=1S/C15H21BrN2O/c1-11-4-3-5-12(2)18(11)15(19)17-10-13-6-8-14(16)9-7-13/h6-9,11-12H,3-5,10H2,1-2H3,(H,17,19). The van der Waals surface area contributed by atoms with Crippen molar-refractivity contribution >= 4 is 22.0 Å². The van der Waals surface area contributed by atoms with Gasteiger partial charge in [-0.15, -0.1) is 0 Å². The highest BCUT2D eigenvalue weighted by Crippen LogP contribution is 2.22. The molecule has 2 amide bonds. The first-order valence-electron chi connectivity index (χ1n) is 6.88. The topological polar surface area (TPSA) is 32.3 Å². The lowest BCUT2D eigenvalue weighted by Crippen LogP contribution is -2.51. The average Bonchev–Trinajstić information content (AvgIpc) is 2.38. The SMILES string of the molecule is CC1CCCC(C)N1C(=O)NCc1ccc(Br)cc1. The summed E-state index contributed by atoms with van der Waals surface area (Å²) in [6, 6.07) is 8.77. The molecular weight excluding hydrogens is 304 g/mol. The second kappa shape index (κ2) is 6.42. The Morgan fingerprint density at radius 2 is 1.84 bits per heavy atom. The molecule has 1 N–H and O–H groups in total. The fourth-order valence-corrected chi connectivity index (χ4v) is 2.96. The summed E-state index contributed by atoms with van der Waals surface area (Å²) in [4.78, 5) is 14.3. The van der Waals surface area contributed by atoms with Crippen molar-refractivity contribution in [1.29, 1.82) is 0 Å². The van der Waals surface area contributed by atoms with E-state index in [1.165, 1.54) is 6.42 Å². The lowest BCUT2D eigenvalue weighted by atomic mass is 9.98. The number of carbonyl (C=O) groups excluding carboxylic acids is 1. The maximum Gasteiger partial charge on any atom is 0.318 e. The number of nitrogens with one attached hydrogen (secondary N) is 1. The van der Waals surface area contributed by atoms with Gasteiger partial charge in [0.1, 0.15) is 0 Å². The van der Waals surface area contributed by atoms with E-state index < -0.39 is 0 Å². The number of hydrogen-bond donors (Lipinski definition) is 1. The van der Waals surface area contributed by atoms with Crippen LogP contribution in [0, 0.1) is 0 Å². The third-order valence-electron chi connectivity index (χ3n) is 3.79. The first kappa shape index (κ1) is 14.4. The molecule has 2 atom stereocenters. The van der Waals surface area contributed by atoms with Crippen LogP contribution < -0.4 is 5.32 Å². The molecule has 2 rings (SSSR count). The molecule has 104 valence electrons. The number of nitrogens with zero attached hydrogens (tertiary/aromatic N) is 1. The zero-order chi connectivity index (χ0) is 13.8. The predicted molar refractivity (Wildman–Crippen MR) is 81.0 cm³/mol. The summed E-state index contributed by atoms with van der Waals surface area (Å²) >= 11 is 3.41. The number of halogens is 1. The summed E-state index contributed by atoms with van der Waals surface area (Å²) in [5.74, 6) is 0. The number of carbonyl (C=O) groups is 1. The van der Waals surface area contributed by atoms with Crippen molar-refractivity contribution in [2.24, 2.45) is 0 Å². The van der Waals surface area contributed by atoms with Crippen LogP contribution in [0.4, 0.5) is 4.79 Å². The number of amides is 2. The summed E-state index contributed by atoms with van der Waals surface area (Å²) < 4.78 is 1.06. The second-order valence-corrected chi connectivity index (χ2v) is 6.24. The molecule has 1 aliphatic heterocycles.